The SMILES string of the molecule is Cc1cc(C(N)c2nccn2C)ccc1Cl. The second-order valence-corrected chi connectivity index (χ2v) is 4.29. The quantitative estimate of drug-likeness (QED) is 0.869. The van der Waals surface area contributed by atoms with E-state index >= 15 is 0 Å². The van der Waals surface area contributed by atoms with Gasteiger partial charge in [0.15, 0.2) is 0 Å². The van der Waals surface area contributed by atoms with Crippen LogP contribution in [0.15, 0.2) is 30.6 Å². The second kappa shape index (κ2) is 4.28. The molecule has 2 aromatic rings. The zero-order valence-electron chi connectivity index (χ0n) is 9.31. The van der Waals surface area contributed by atoms with Crippen molar-refractivity contribution >= 4 is 11.6 Å². The van der Waals surface area contributed by atoms with E-state index in [1.54, 1.807) is 6.20 Å². The molecule has 1 unspecified atom stereocenters. The Hall–Kier alpha value is -1.32. The number of aryl methyl sites for hydroxylation is 2. The van der Waals surface area contributed by atoms with Gasteiger partial charge in [-0.25, -0.2) is 4.98 Å². The van der Waals surface area contributed by atoms with Gasteiger partial charge in [0.2, 0.25) is 0 Å². The van der Waals surface area contributed by atoms with Crippen molar-refractivity contribution in [3.63, 3.8) is 0 Å². The van der Waals surface area contributed by atoms with Gasteiger partial charge in [-0.15, -0.1) is 0 Å². The summed E-state index contributed by atoms with van der Waals surface area (Å²) < 4.78 is 1.93. The van der Waals surface area contributed by atoms with Gasteiger partial charge in [-0.2, -0.15) is 0 Å². The first-order valence-electron chi connectivity index (χ1n) is 5.08. The van der Waals surface area contributed by atoms with Gasteiger partial charge in [-0.3, -0.25) is 0 Å². The molecular formula is C12H14ClN3. The van der Waals surface area contributed by atoms with Crippen LogP contribution in [0.3, 0.4) is 0 Å². The lowest BCUT2D eigenvalue weighted by Gasteiger charge is -2.13. The number of aromatic nitrogens is 2. The highest BCUT2D eigenvalue weighted by molar-refractivity contribution is 6.31. The molecule has 0 bridgehead atoms. The molecular weight excluding hydrogens is 222 g/mol. The van der Waals surface area contributed by atoms with E-state index in [4.69, 9.17) is 17.3 Å². The van der Waals surface area contributed by atoms with Crippen LogP contribution >= 0.6 is 11.6 Å². The first-order chi connectivity index (χ1) is 7.59. The molecule has 0 aliphatic rings. The molecule has 0 amide bonds. The maximum absolute atomic E-state index is 6.15. The minimum atomic E-state index is -0.212. The van der Waals surface area contributed by atoms with Crippen molar-refractivity contribution in [3.8, 4) is 0 Å². The molecule has 0 aliphatic heterocycles. The summed E-state index contributed by atoms with van der Waals surface area (Å²) in [6, 6.07) is 5.60. The number of nitrogens with zero attached hydrogens (tertiary/aromatic N) is 2. The van der Waals surface area contributed by atoms with Crippen molar-refractivity contribution in [2.75, 3.05) is 0 Å². The van der Waals surface area contributed by atoms with Crippen molar-refractivity contribution in [3.05, 3.63) is 52.6 Å². The third-order valence-electron chi connectivity index (χ3n) is 2.68. The Kier molecular flexibility index (Phi) is 2.99. The summed E-state index contributed by atoms with van der Waals surface area (Å²) in [7, 11) is 1.94. The number of rotatable bonds is 2. The maximum Gasteiger partial charge on any atom is 0.129 e. The van der Waals surface area contributed by atoms with E-state index in [9.17, 15) is 0 Å². The van der Waals surface area contributed by atoms with E-state index in [0.717, 1.165) is 22.0 Å². The first kappa shape index (κ1) is 11.2. The Balaban J connectivity index is 2.38. The zero-order valence-corrected chi connectivity index (χ0v) is 10.1. The minimum Gasteiger partial charge on any atom is -0.336 e. The van der Waals surface area contributed by atoms with Crippen molar-refractivity contribution in [2.45, 2.75) is 13.0 Å². The van der Waals surface area contributed by atoms with Crippen LogP contribution in [0.1, 0.15) is 23.0 Å². The van der Waals surface area contributed by atoms with Gasteiger partial charge in [-0.1, -0.05) is 23.7 Å². The molecule has 0 spiro atoms. The largest absolute Gasteiger partial charge is 0.336 e. The van der Waals surface area contributed by atoms with Gasteiger partial charge < -0.3 is 10.3 Å². The molecule has 2 N–H and O–H groups in total. The van der Waals surface area contributed by atoms with E-state index in [-0.39, 0.29) is 6.04 Å². The molecule has 2 rings (SSSR count). The number of benzene rings is 1. The fraction of sp³-hybridized carbons (Fsp3) is 0.250. The van der Waals surface area contributed by atoms with Gasteiger partial charge in [-0.05, 0) is 24.1 Å². The Bertz CT molecular complexity index is 505. The lowest BCUT2D eigenvalue weighted by Crippen LogP contribution is -2.16. The van der Waals surface area contributed by atoms with E-state index in [1.165, 1.54) is 0 Å². The van der Waals surface area contributed by atoms with Gasteiger partial charge in [0, 0.05) is 24.5 Å². The van der Waals surface area contributed by atoms with E-state index in [2.05, 4.69) is 4.98 Å². The van der Waals surface area contributed by atoms with Crippen LogP contribution in [0, 0.1) is 6.92 Å². The average molecular weight is 236 g/mol. The Morgan fingerprint density at radius 3 is 2.75 bits per heavy atom. The summed E-state index contributed by atoms with van der Waals surface area (Å²) in [4.78, 5) is 4.25. The standard InChI is InChI=1S/C12H14ClN3/c1-8-7-9(3-4-10(8)13)11(14)12-15-5-6-16(12)2/h3-7,11H,14H2,1-2H3. The van der Waals surface area contributed by atoms with Crippen LogP contribution < -0.4 is 5.73 Å². The average Bonchev–Trinajstić information content (AvgIpc) is 2.67. The highest BCUT2D eigenvalue weighted by Crippen LogP contribution is 2.22. The number of hydrogen-bond acceptors (Lipinski definition) is 2. The number of imidazole rings is 1. The predicted molar refractivity (Wildman–Crippen MR) is 65.4 cm³/mol. The molecule has 1 aromatic carbocycles. The van der Waals surface area contributed by atoms with Gasteiger partial charge in [0.25, 0.3) is 0 Å². The highest BCUT2D eigenvalue weighted by Gasteiger charge is 2.13. The summed E-state index contributed by atoms with van der Waals surface area (Å²) in [5, 5.41) is 0.760. The summed E-state index contributed by atoms with van der Waals surface area (Å²) in [5.41, 5.74) is 8.21. The third-order valence-corrected chi connectivity index (χ3v) is 3.10. The number of halogens is 1. The highest BCUT2D eigenvalue weighted by atomic mass is 35.5. The number of nitrogens with two attached hydrogens (primary N) is 1. The molecule has 0 radical (unpaired) electrons. The Morgan fingerprint density at radius 1 is 1.44 bits per heavy atom. The molecule has 0 aliphatic carbocycles. The van der Waals surface area contributed by atoms with Crippen molar-refractivity contribution in [1.29, 1.82) is 0 Å². The van der Waals surface area contributed by atoms with Gasteiger partial charge in [0.1, 0.15) is 5.82 Å². The fourth-order valence-corrected chi connectivity index (χ4v) is 1.80. The van der Waals surface area contributed by atoms with Crippen molar-refractivity contribution in [1.82, 2.24) is 9.55 Å². The van der Waals surface area contributed by atoms with Crippen LogP contribution in [0.4, 0.5) is 0 Å². The van der Waals surface area contributed by atoms with E-state index < -0.39 is 0 Å². The molecule has 16 heavy (non-hydrogen) atoms. The second-order valence-electron chi connectivity index (χ2n) is 3.88. The summed E-state index contributed by atoms with van der Waals surface area (Å²) in [5.74, 6) is 0.849. The van der Waals surface area contributed by atoms with Crippen LogP contribution in [0.2, 0.25) is 5.02 Å². The molecule has 4 heteroatoms. The molecule has 1 atom stereocenters. The molecule has 1 aromatic heterocycles. The van der Waals surface area contributed by atoms with Crippen LogP contribution in [0.25, 0.3) is 0 Å². The minimum absolute atomic E-state index is 0.212. The van der Waals surface area contributed by atoms with E-state index in [1.807, 2.05) is 42.9 Å². The lowest BCUT2D eigenvalue weighted by molar-refractivity contribution is 0.716. The van der Waals surface area contributed by atoms with Crippen LogP contribution in [-0.2, 0) is 7.05 Å². The number of hydrogen-bond donors (Lipinski definition) is 1. The Morgan fingerprint density at radius 2 is 2.19 bits per heavy atom. The monoisotopic (exact) mass is 235 g/mol. The molecule has 3 nitrogen and oxygen atoms in total. The smallest absolute Gasteiger partial charge is 0.129 e. The van der Waals surface area contributed by atoms with Crippen molar-refractivity contribution < 1.29 is 0 Å². The zero-order chi connectivity index (χ0) is 11.7. The van der Waals surface area contributed by atoms with E-state index in [0.29, 0.717) is 0 Å². The van der Waals surface area contributed by atoms with Gasteiger partial charge >= 0.3 is 0 Å². The fourth-order valence-electron chi connectivity index (χ4n) is 1.69. The normalized spacial score (nSPS) is 12.8. The summed E-state index contributed by atoms with van der Waals surface area (Å²) in [6.07, 6.45) is 3.63. The maximum atomic E-state index is 6.15. The third kappa shape index (κ3) is 1.96. The first-order valence-corrected chi connectivity index (χ1v) is 5.46. The molecule has 0 saturated heterocycles. The summed E-state index contributed by atoms with van der Waals surface area (Å²) in [6.45, 7) is 1.97. The predicted octanol–water partition coefficient (Wildman–Crippen LogP) is 2.43. The Labute approximate surface area is 99.9 Å². The molecule has 0 fully saturated rings. The summed E-state index contributed by atoms with van der Waals surface area (Å²) >= 11 is 5.98. The molecule has 1 heterocycles. The van der Waals surface area contributed by atoms with Gasteiger partial charge in [0.05, 0.1) is 6.04 Å². The molecule has 0 saturated carbocycles. The molecule has 84 valence electrons. The topological polar surface area (TPSA) is 43.8 Å². The van der Waals surface area contributed by atoms with Crippen molar-refractivity contribution in [2.24, 2.45) is 12.8 Å². The lowest BCUT2D eigenvalue weighted by atomic mass is 10.0. The van der Waals surface area contributed by atoms with Crippen LogP contribution in [0.5, 0.6) is 0 Å². The van der Waals surface area contributed by atoms with Crippen LogP contribution in [-0.4, -0.2) is 9.55 Å².